The third kappa shape index (κ3) is 6.94. The van der Waals surface area contributed by atoms with Crippen molar-refractivity contribution in [2.24, 2.45) is 0 Å². The highest BCUT2D eigenvalue weighted by Crippen LogP contribution is 2.25. The first-order chi connectivity index (χ1) is 12.8. The van der Waals surface area contributed by atoms with E-state index in [9.17, 15) is 4.79 Å². The summed E-state index contributed by atoms with van der Waals surface area (Å²) in [7, 11) is 0. The van der Waals surface area contributed by atoms with Gasteiger partial charge in [0, 0.05) is 17.2 Å². The lowest BCUT2D eigenvalue weighted by molar-refractivity contribution is -0.127. The van der Waals surface area contributed by atoms with Crippen LogP contribution in [0, 0.1) is 6.92 Å². The van der Waals surface area contributed by atoms with Crippen LogP contribution < -0.4 is 10.1 Å². The molecule has 146 valence electrons. The molecule has 1 amide bonds. The lowest BCUT2D eigenvalue weighted by atomic mass is 9.87. The molecule has 1 atom stereocenters. The standard InChI is InChI=1S/C23H31NO2S/c1-6-21(26-19-11-9-18(10-12-19)23(3,4)5)22(25)24-15-16-27-20-13-7-17(2)8-14-20/h7-14,21H,6,15-16H2,1-5H3,(H,24,25)/t21-/m1/s1. The Morgan fingerprint density at radius 1 is 1.07 bits per heavy atom. The maximum atomic E-state index is 12.4. The zero-order valence-electron chi connectivity index (χ0n) is 17.0. The zero-order valence-corrected chi connectivity index (χ0v) is 17.9. The topological polar surface area (TPSA) is 38.3 Å². The number of nitrogens with one attached hydrogen (secondary N) is 1. The number of ether oxygens (including phenoxy) is 1. The molecule has 1 N–H and O–H groups in total. The van der Waals surface area contributed by atoms with Gasteiger partial charge in [-0.15, -0.1) is 11.8 Å². The quantitative estimate of drug-likeness (QED) is 0.491. The SMILES string of the molecule is CC[C@@H](Oc1ccc(C(C)(C)C)cc1)C(=O)NCCSc1ccc(C)cc1. The van der Waals surface area contributed by atoms with Crippen molar-refractivity contribution < 1.29 is 9.53 Å². The minimum absolute atomic E-state index is 0.0538. The highest BCUT2D eigenvalue weighted by atomic mass is 32.2. The lowest BCUT2D eigenvalue weighted by Crippen LogP contribution is -2.39. The fourth-order valence-corrected chi connectivity index (χ4v) is 3.38. The molecule has 4 heteroatoms. The third-order valence-electron chi connectivity index (χ3n) is 4.35. The van der Waals surface area contributed by atoms with Crippen LogP contribution in [0.4, 0.5) is 0 Å². The van der Waals surface area contributed by atoms with Crippen molar-refractivity contribution in [1.82, 2.24) is 5.32 Å². The Kier molecular flexibility index (Phi) is 7.78. The molecule has 0 fully saturated rings. The van der Waals surface area contributed by atoms with Gasteiger partial charge in [-0.2, -0.15) is 0 Å². The van der Waals surface area contributed by atoms with E-state index in [0.717, 1.165) is 11.5 Å². The molecular formula is C23H31NO2S. The van der Waals surface area contributed by atoms with Crippen LogP contribution >= 0.6 is 11.8 Å². The van der Waals surface area contributed by atoms with Crippen molar-refractivity contribution in [3.05, 3.63) is 59.7 Å². The highest BCUT2D eigenvalue weighted by Gasteiger charge is 2.19. The van der Waals surface area contributed by atoms with Crippen LogP contribution in [0.15, 0.2) is 53.4 Å². The normalized spacial score (nSPS) is 12.5. The number of hydrogen-bond acceptors (Lipinski definition) is 3. The number of aryl methyl sites for hydroxylation is 1. The van der Waals surface area contributed by atoms with Gasteiger partial charge in [-0.1, -0.05) is 57.5 Å². The molecule has 0 bridgehead atoms. The van der Waals surface area contributed by atoms with Gasteiger partial charge in [0.2, 0.25) is 0 Å². The molecule has 0 saturated heterocycles. The second-order valence-electron chi connectivity index (χ2n) is 7.74. The Labute approximate surface area is 167 Å². The summed E-state index contributed by atoms with van der Waals surface area (Å²) in [6.45, 7) is 11.2. The molecule has 2 rings (SSSR count). The van der Waals surface area contributed by atoms with Crippen molar-refractivity contribution in [3.63, 3.8) is 0 Å². The van der Waals surface area contributed by atoms with E-state index in [-0.39, 0.29) is 11.3 Å². The number of hydrogen-bond donors (Lipinski definition) is 1. The van der Waals surface area contributed by atoms with Crippen molar-refractivity contribution in [2.45, 2.75) is 57.5 Å². The summed E-state index contributed by atoms with van der Waals surface area (Å²) < 4.78 is 5.90. The van der Waals surface area contributed by atoms with E-state index >= 15 is 0 Å². The van der Waals surface area contributed by atoms with Gasteiger partial charge < -0.3 is 10.1 Å². The monoisotopic (exact) mass is 385 g/mol. The third-order valence-corrected chi connectivity index (χ3v) is 5.37. The second kappa shape index (κ2) is 9.84. The lowest BCUT2D eigenvalue weighted by Gasteiger charge is -2.21. The Morgan fingerprint density at radius 2 is 1.70 bits per heavy atom. The van der Waals surface area contributed by atoms with Gasteiger partial charge in [0.15, 0.2) is 6.10 Å². The van der Waals surface area contributed by atoms with Gasteiger partial charge in [-0.3, -0.25) is 4.79 Å². The van der Waals surface area contributed by atoms with E-state index in [1.807, 2.05) is 19.1 Å². The first kappa shape index (κ1) is 21.4. The Hall–Kier alpha value is -1.94. The van der Waals surface area contributed by atoms with Crippen molar-refractivity contribution in [2.75, 3.05) is 12.3 Å². The Morgan fingerprint density at radius 3 is 2.26 bits per heavy atom. The van der Waals surface area contributed by atoms with Gasteiger partial charge in [-0.25, -0.2) is 0 Å². The summed E-state index contributed by atoms with van der Waals surface area (Å²) in [5.74, 6) is 1.52. The van der Waals surface area contributed by atoms with E-state index in [4.69, 9.17) is 4.74 Å². The highest BCUT2D eigenvalue weighted by molar-refractivity contribution is 7.99. The van der Waals surface area contributed by atoms with E-state index in [1.165, 1.54) is 16.0 Å². The molecule has 0 aliphatic heterocycles. The summed E-state index contributed by atoms with van der Waals surface area (Å²) in [5, 5.41) is 2.99. The molecule has 0 spiro atoms. The molecule has 3 nitrogen and oxygen atoms in total. The fraction of sp³-hybridized carbons (Fsp3) is 0.435. The predicted octanol–water partition coefficient (Wildman–Crippen LogP) is 5.36. The maximum Gasteiger partial charge on any atom is 0.261 e. The summed E-state index contributed by atoms with van der Waals surface area (Å²) in [6, 6.07) is 16.5. The summed E-state index contributed by atoms with van der Waals surface area (Å²) in [5.41, 5.74) is 2.61. The van der Waals surface area contributed by atoms with Gasteiger partial charge in [0.05, 0.1) is 0 Å². The average Bonchev–Trinajstić information content (AvgIpc) is 2.64. The smallest absolute Gasteiger partial charge is 0.261 e. The minimum atomic E-state index is -0.463. The van der Waals surface area contributed by atoms with Crippen LogP contribution in [0.3, 0.4) is 0 Å². The van der Waals surface area contributed by atoms with E-state index in [2.05, 4.69) is 69.4 Å². The Balaban J connectivity index is 1.80. The molecule has 0 aliphatic carbocycles. The van der Waals surface area contributed by atoms with Gasteiger partial charge in [0.25, 0.3) is 5.91 Å². The van der Waals surface area contributed by atoms with Crippen LogP contribution in [0.5, 0.6) is 5.75 Å². The molecule has 0 unspecified atom stereocenters. The number of carbonyl (C=O) groups excluding carboxylic acids is 1. The first-order valence-corrected chi connectivity index (χ1v) is 10.5. The van der Waals surface area contributed by atoms with Gasteiger partial charge in [0.1, 0.15) is 5.75 Å². The summed E-state index contributed by atoms with van der Waals surface area (Å²) >= 11 is 1.74. The summed E-state index contributed by atoms with van der Waals surface area (Å²) in [4.78, 5) is 13.6. The van der Waals surface area contributed by atoms with Crippen molar-refractivity contribution in [3.8, 4) is 5.75 Å². The van der Waals surface area contributed by atoms with Crippen LogP contribution in [-0.4, -0.2) is 24.3 Å². The average molecular weight is 386 g/mol. The number of amides is 1. The van der Waals surface area contributed by atoms with Gasteiger partial charge >= 0.3 is 0 Å². The van der Waals surface area contributed by atoms with Crippen LogP contribution in [0.2, 0.25) is 0 Å². The molecular weight excluding hydrogens is 354 g/mol. The number of rotatable bonds is 8. The maximum absolute atomic E-state index is 12.4. The zero-order chi connectivity index (χ0) is 19.9. The molecule has 2 aromatic rings. The fourth-order valence-electron chi connectivity index (χ4n) is 2.61. The molecule has 0 heterocycles. The van der Waals surface area contributed by atoms with Crippen LogP contribution in [0.25, 0.3) is 0 Å². The molecule has 0 aliphatic rings. The summed E-state index contributed by atoms with van der Waals surface area (Å²) in [6.07, 6.45) is 0.174. The van der Waals surface area contributed by atoms with Crippen molar-refractivity contribution >= 4 is 17.7 Å². The molecule has 2 aromatic carbocycles. The number of thioether (sulfide) groups is 1. The van der Waals surface area contributed by atoms with Crippen molar-refractivity contribution in [1.29, 1.82) is 0 Å². The van der Waals surface area contributed by atoms with E-state index < -0.39 is 6.10 Å². The van der Waals surface area contributed by atoms with Crippen LogP contribution in [-0.2, 0) is 10.2 Å². The minimum Gasteiger partial charge on any atom is -0.481 e. The Bertz CT molecular complexity index is 718. The molecule has 0 radical (unpaired) electrons. The molecule has 0 saturated carbocycles. The van der Waals surface area contributed by atoms with E-state index in [0.29, 0.717) is 13.0 Å². The van der Waals surface area contributed by atoms with Crippen LogP contribution in [0.1, 0.15) is 45.2 Å². The molecule has 27 heavy (non-hydrogen) atoms. The molecule has 0 aromatic heterocycles. The number of benzene rings is 2. The van der Waals surface area contributed by atoms with Gasteiger partial charge in [-0.05, 0) is 48.6 Å². The largest absolute Gasteiger partial charge is 0.481 e. The number of carbonyl (C=O) groups is 1. The second-order valence-corrected chi connectivity index (χ2v) is 8.91. The predicted molar refractivity (Wildman–Crippen MR) is 115 cm³/mol. The first-order valence-electron chi connectivity index (χ1n) is 9.54. The van der Waals surface area contributed by atoms with E-state index in [1.54, 1.807) is 11.8 Å².